The lowest BCUT2D eigenvalue weighted by atomic mass is 10.0. The monoisotopic (exact) mass is 266 g/mol. The molecule has 100 valence electrons. The van der Waals surface area contributed by atoms with E-state index >= 15 is 0 Å². The van der Waals surface area contributed by atoms with Gasteiger partial charge in [0.2, 0.25) is 5.91 Å². The lowest BCUT2D eigenvalue weighted by molar-refractivity contribution is -0.136. The summed E-state index contributed by atoms with van der Waals surface area (Å²) < 4.78 is 0. The van der Waals surface area contributed by atoms with E-state index in [1.807, 2.05) is 4.90 Å². The fraction of sp³-hybridized carbons (Fsp3) is 0.643. The van der Waals surface area contributed by atoms with Gasteiger partial charge >= 0.3 is 0 Å². The molecule has 1 aliphatic rings. The number of carbonyl (C=O) groups is 1. The summed E-state index contributed by atoms with van der Waals surface area (Å²) >= 11 is 1.77. The van der Waals surface area contributed by atoms with Gasteiger partial charge in [0.05, 0.1) is 6.04 Å². The molecule has 0 bridgehead atoms. The second-order valence-electron chi connectivity index (χ2n) is 5.17. The van der Waals surface area contributed by atoms with Crippen molar-refractivity contribution >= 4 is 17.2 Å². The number of piperidine rings is 1. The van der Waals surface area contributed by atoms with Gasteiger partial charge in [-0.3, -0.25) is 4.79 Å². The van der Waals surface area contributed by atoms with Gasteiger partial charge in [-0.1, -0.05) is 19.9 Å². The van der Waals surface area contributed by atoms with Crippen molar-refractivity contribution in [3.8, 4) is 0 Å². The number of rotatable bonds is 5. The molecule has 1 fully saturated rings. The van der Waals surface area contributed by atoms with Gasteiger partial charge < -0.3 is 10.2 Å². The van der Waals surface area contributed by atoms with E-state index in [0.717, 1.165) is 32.4 Å². The van der Waals surface area contributed by atoms with Gasteiger partial charge in [-0.2, -0.15) is 0 Å². The maximum absolute atomic E-state index is 12.3. The Morgan fingerprint density at radius 2 is 2.39 bits per heavy atom. The SMILES string of the molecule is CC(C)NC1CCCN(CCc2cccs2)C1=O. The van der Waals surface area contributed by atoms with E-state index in [9.17, 15) is 4.79 Å². The van der Waals surface area contributed by atoms with Crippen molar-refractivity contribution in [1.82, 2.24) is 10.2 Å². The molecule has 18 heavy (non-hydrogen) atoms. The van der Waals surface area contributed by atoms with E-state index < -0.39 is 0 Å². The Morgan fingerprint density at radius 1 is 1.56 bits per heavy atom. The van der Waals surface area contributed by atoms with Crippen molar-refractivity contribution < 1.29 is 4.79 Å². The summed E-state index contributed by atoms with van der Waals surface area (Å²) in [5, 5.41) is 5.46. The van der Waals surface area contributed by atoms with E-state index in [1.165, 1.54) is 4.88 Å². The third kappa shape index (κ3) is 3.56. The van der Waals surface area contributed by atoms with Crippen LogP contribution >= 0.6 is 11.3 Å². The molecule has 1 unspecified atom stereocenters. The highest BCUT2D eigenvalue weighted by atomic mass is 32.1. The van der Waals surface area contributed by atoms with Crippen LogP contribution in [0.15, 0.2) is 17.5 Å². The maximum Gasteiger partial charge on any atom is 0.239 e. The lowest BCUT2D eigenvalue weighted by Crippen LogP contribution is -2.52. The lowest BCUT2D eigenvalue weighted by Gasteiger charge is -2.33. The van der Waals surface area contributed by atoms with Gasteiger partial charge in [-0.05, 0) is 30.7 Å². The molecular weight excluding hydrogens is 244 g/mol. The average molecular weight is 266 g/mol. The van der Waals surface area contributed by atoms with Gasteiger partial charge in [-0.25, -0.2) is 0 Å². The fourth-order valence-electron chi connectivity index (χ4n) is 2.42. The average Bonchev–Trinajstić information content (AvgIpc) is 2.83. The summed E-state index contributed by atoms with van der Waals surface area (Å²) in [4.78, 5) is 15.7. The molecule has 1 saturated heterocycles. The van der Waals surface area contributed by atoms with E-state index in [2.05, 4.69) is 36.7 Å². The largest absolute Gasteiger partial charge is 0.341 e. The third-order valence-corrected chi connectivity index (χ3v) is 4.21. The second kappa shape index (κ2) is 6.34. The minimum Gasteiger partial charge on any atom is -0.341 e. The molecule has 2 rings (SSSR count). The Labute approximate surface area is 113 Å². The first-order valence-electron chi connectivity index (χ1n) is 6.74. The van der Waals surface area contributed by atoms with Crippen LogP contribution in [0.1, 0.15) is 31.6 Å². The number of hydrogen-bond acceptors (Lipinski definition) is 3. The van der Waals surface area contributed by atoms with Crippen LogP contribution in [0, 0.1) is 0 Å². The highest BCUT2D eigenvalue weighted by Crippen LogP contribution is 2.15. The molecule has 1 aliphatic heterocycles. The zero-order valence-corrected chi connectivity index (χ0v) is 12.0. The molecular formula is C14H22N2OS. The van der Waals surface area contributed by atoms with Crippen LogP contribution in [-0.2, 0) is 11.2 Å². The minimum absolute atomic E-state index is 0.0297. The van der Waals surface area contributed by atoms with E-state index in [1.54, 1.807) is 11.3 Å². The molecule has 1 atom stereocenters. The van der Waals surface area contributed by atoms with Gasteiger partial charge in [0.25, 0.3) is 0 Å². The number of nitrogens with one attached hydrogen (secondary N) is 1. The van der Waals surface area contributed by atoms with Gasteiger partial charge in [0, 0.05) is 24.0 Å². The predicted molar refractivity (Wildman–Crippen MR) is 75.9 cm³/mol. The first kappa shape index (κ1) is 13.6. The Hall–Kier alpha value is -0.870. The smallest absolute Gasteiger partial charge is 0.239 e. The number of hydrogen-bond donors (Lipinski definition) is 1. The van der Waals surface area contributed by atoms with Gasteiger partial charge in [0.15, 0.2) is 0 Å². The quantitative estimate of drug-likeness (QED) is 0.887. The molecule has 0 spiro atoms. The molecule has 1 aromatic heterocycles. The number of carbonyl (C=O) groups excluding carboxylic acids is 1. The number of thiophene rings is 1. The third-order valence-electron chi connectivity index (χ3n) is 3.27. The highest BCUT2D eigenvalue weighted by molar-refractivity contribution is 7.09. The van der Waals surface area contributed by atoms with Crippen molar-refractivity contribution in [1.29, 1.82) is 0 Å². The first-order chi connectivity index (χ1) is 8.66. The van der Waals surface area contributed by atoms with Crippen LogP contribution < -0.4 is 5.32 Å². The van der Waals surface area contributed by atoms with Gasteiger partial charge in [-0.15, -0.1) is 11.3 Å². The zero-order valence-electron chi connectivity index (χ0n) is 11.2. The molecule has 0 aromatic carbocycles. The Morgan fingerprint density at radius 3 is 3.06 bits per heavy atom. The van der Waals surface area contributed by atoms with Crippen molar-refractivity contribution in [2.45, 2.75) is 45.2 Å². The Balaban J connectivity index is 1.86. The Kier molecular flexibility index (Phi) is 4.78. The molecule has 2 heterocycles. The Bertz CT molecular complexity index is 375. The van der Waals surface area contributed by atoms with Crippen molar-refractivity contribution in [3.05, 3.63) is 22.4 Å². The highest BCUT2D eigenvalue weighted by Gasteiger charge is 2.28. The predicted octanol–water partition coefficient (Wildman–Crippen LogP) is 2.28. The fourth-order valence-corrected chi connectivity index (χ4v) is 3.12. The molecule has 1 amide bonds. The summed E-state index contributed by atoms with van der Waals surface area (Å²) in [7, 11) is 0. The number of nitrogens with zero attached hydrogens (tertiary/aromatic N) is 1. The molecule has 1 aromatic rings. The van der Waals surface area contributed by atoms with Crippen LogP contribution in [0.3, 0.4) is 0 Å². The molecule has 0 saturated carbocycles. The van der Waals surface area contributed by atoms with Crippen LogP contribution in [0.25, 0.3) is 0 Å². The van der Waals surface area contributed by atoms with Crippen molar-refractivity contribution in [2.24, 2.45) is 0 Å². The normalized spacial score (nSPS) is 20.7. The van der Waals surface area contributed by atoms with Crippen LogP contribution in [0.2, 0.25) is 0 Å². The molecule has 1 N–H and O–H groups in total. The van der Waals surface area contributed by atoms with Crippen LogP contribution in [-0.4, -0.2) is 36.0 Å². The summed E-state index contributed by atoms with van der Waals surface area (Å²) in [5.74, 6) is 0.284. The topological polar surface area (TPSA) is 32.3 Å². The van der Waals surface area contributed by atoms with Crippen LogP contribution in [0.5, 0.6) is 0 Å². The summed E-state index contributed by atoms with van der Waals surface area (Å²) in [6.45, 7) is 5.96. The summed E-state index contributed by atoms with van der Waals surface area (Å²) in [5.41, 5.74) is 0. The molecule has 4 heteroatoms. The maximum atomic E-state index is 12.3. The van der Waals surface area contributed by atoms with E-state index in [4.69, 9.17) is 0 Å². The first-order valence-corrected chi connectivity index (χ1v) is 7.62. The molecule has 0 aliphatic carbocycles. The zero-order chi connectivity index (χ0) is 13.0. The summed E-state index contributed by atoms with van der Waals surface area (Å²) in [6.07, 6.45) is 3.07. The summed E-state index contributed by atoms with van der Waals surface area (Å²) in [6, 6.07) is 4.61. The number of amides is 1. The van der Waals surface area contributed by atoms with Crippen molar-refractivity contribution in [2.75, 3.05) is 13.1 Å². The van der Waals surface area contributed by atoms with Gasteiger partial charge in [0.1, 0.15) is 0 Å². The van der Waals surface area contributed by atoms with Crippen molar-refractivity contribution in [3.63, 3.8) is 0 Å². The van der Waals surface area contributed by atoms with E-state index in [-0.39, 0.29) is 11.9 Å². The second-order valence-corrected chi connectivity index (χ2v) is 6.20. The number of likely N-dealkylation sites (tertiary alicyclic amines) is 1. The standard InChI is InChI=1S/C14H22N2OS/c1-11(2)15-13-6-3-8-16(14(13)17)9-7-12-5-4-10-18-12/h4-5,10-11,13,15H,3,6-9H2,1-2H3. The van der Waals surface area contributed by atoms with Crippen LogP contribution in [0.4, 0.5) is 0 Å². The van der Waals surface area contributed by atoms with E-state index in [0.29, 0.717) is 6.04 Å². The molecule has 3 nitrogen and oxygen atoms in total. The molecule has 0 radical (unpaired) electrons. The minimum atomic E-state index is 0.0297.